The molecule has 7 heteroatoms. The van der Waals surface area contributed by atoms with E-state index in [1.165, 1.54) is 11.3 Å². The van der Waals surface area contributed by atoms with Crippen molar-refractivity contribution in [1.29, 1.82) is 0 Å². The van der Waals surface area contributed by atoms with E-state index in [1.54, 1.807) is 5.38 Å². The van der Waals surface area contributed by atoms with Crippen LogP contribution in [-0.2, 0) is 17.9 Å². The molecule has 0 saturated carbocycles. The van der Waals surface area contributed by atoms with Crippen molar-refractivity contribution in [3.8, 4) is 0 Å². The van der Waals surface area contributed by atoms with E-state index in [2.05, 4.69) is 10.3 Å². The van der Waals surface area contributed by atoms with E-state index < -0.39 is 0 Å². The van der Waals surface area contributed by atoms with E-state index in [0.717, 1.165) is 10.6 Å². The summed E-state index contributed by atoms with van der Waals surface area (Å²) in [7, 11) is 0. The Labute approximate surface area is 140 Å². The summed E-state index contributed by atoms with van der Waals surface area (Å²) in [6, 6.07) is 9.85. The number of thiazole rings is 1. The van der Waals surface area contributed by atoms with E-state index in [9.17, 15) is 4.79 Å². The molecule has 1 heterocycles. The molecule has 0 fully saturated rings. The lowest BCUT2D eigenvalue weighted by molar-refractivity contribution is 0.0817. The van der Waals surface area contributed by atoms with Crippen molar-refractivity contribution in [3.63, 3.8) is 0 Å². The number of nitrogens with two attached hydrogens (primary N) is 1. The van der Waals surface area contributed by atoms with E-state index >= 15 is 0 Å². The highest BCUT2D eigenvalue weighted by Gasteiger charge is 2.13. The first-order valence-electron chi connectivity index (χ1n) is 6.76. The number of hydrogen-bond acceptors (Lipinski definition) is 5. The fourth-order valence-corrected chi connectivity index (χ4v) is 2.43. The van der Waals surface area contributed by atoms with Crippen molar-refractivity contribution in [2.45, 2.75) is 26.1 Å². The summed E-state index contributed by atoms with van der Waals surface area (Å²) in [5.74, 6) is -0.193. The molecule has 0 spiro atoms. The lowest BCUT2D eigenvalue weighted by atomic mass is 10.2. The number of ether oxygens (including phenoxy) is 1. The average molecular weight is 342 g/mol. The topological polar surface area (TPSA) is 77.2 Å². The number of rotatable bonds is 7. The van der Waals surface area contributed by atoms with Gasteiger partial charge in [0.2, 0.25) is 0 Å². The Morgan fingerprint density at radius 2 is 2.14 bits per heavy atom. The van der Waals surface area contributed by atoms with Crippen LogP contribution in [0.1, 0.15) is 28.0 Å². The van der Waals surface area contributed by atoms with Gasteiger partial charge in [0.15, 0.2) is 0 Å². The van der Waals surface area contributed by atoms with Crippen molar-refractivity contribution in [2.75, 3.05) is 6.61 Å². The van der Waals surface area contributed by atoms with Crippen molar-refractivity contribution >= 4 is 29.7 Å². The molecule has 3 N–H and O–H groups in total. The SMILES string of the molecule is CC(COCc1ccccc1)NC(=O)c1csc(CN)n1.Cl. The third-order valence-electron chi connectivity index (χ3n) is 2.82. The van der Waals surface area contributed by atoms with Crippen molar-refractivity contribution in [2.24, 2.45) is 5.73 Å². The van der Waals surface area contributed by atoms with Crippen LogP contribution in [0.4, 0.5) is 0 Å². The molecule has 0 radical (unpaired) electrons. The maximum atomic E-state index is 12.0. The van der Waals surface area contributed by atoms with Crippen LogP contribution in [0.25, 0.3) is 0 Å². The van der Waals surface area contributed by atoms with Gasteiger partial charge >= 0.3 is 0 Å². The molecule has 1 unspecified atom stereocenters. The van der Waals surface area contributed by atoms with Crippen molar-refractivity contribution in [1.82, 2.24) is 10.3 Å². The molecule has 5 nitrogen and oxygen atoms in total. The molecule has 2 rings (SSSR count). The minimum Gasteiger partial charge on any atom is -0.375 e. The average Bonchev–Trinajstić information content (AvgIpc) is 2.97. The largest absolute Gasteiger partial charge is 0.375 e. The molecular weight excluding hydrogens is 322 g/mol. The summed E-state index contributed by atoms with van der Waals surface area (Å²) in [5.41, 5.74) is 7.01. The van der Waals surface area contributed by atoms with E-state index in [-0.39, 0.29) is 24.4 Å². The number of amides is 1. The van der Waals surface area contributed by atoms with Gasteiger partial charge in [0.25, 0.3) is 5.91 Å². The second-order valence-electron chi connectivity index (χ2n) is 4.71. The molecule has 0 saturated heterocycles. The number of carbonyl (C=O) groups excluding carboxylic acids is 1. The number of carbonyl (C=O) groups is 1. The van der Waals surface area contributed by atoms with Crippen LogP contribution in [-0.4, -0.2) is 23.5 Å². The highest BCUT2D eigenvalue weighted by Crippen LogP contribution is 2.09. The van der Waals surface area contributed by atoms with Crippen molar-refractivity contribution in [3.05, 3.63) is 52.0 Å². The van der Waals surface area contributed by atoms with Crippen LogP contribution in [0.15, 0.2) is 35.7 Å². The standard InChI is InChI=1S/C15H19N3O2S.ClH/c1-11(8-20-9-12-5-3-2-4-6-12)17-15(19)13-10-21-14(7-16)18-13;/h2-6,10-11H,7-9,16H2,1H3,(H,17,19);1H. The number of aromatic nitrogens is 1. The second kappa shape index (κ2) is 9.53. The molecule has 0 bridgehead atoms. The van der Waals surface area contributed by atoms with Gasteiger partial charge in [-0.15, -0.1) is 23.7 Å². The predicted octanol–water partition coefficient (Wildman–Crippen LogP) is 2.36. The molecule has 2 aromatic rings. The molecule has 120 valence electrons. The summed E-state index contributed by atoms with van der Waals surface area (Å²) >= 11 is 1.39. The molecule has 1 amide bonds. The Morgan fingerprint density at radius 3 is 2.77 bits per heavy atom. The summed E-state index contributed by atoms with van der Waals surface area (Å²) in [5, 5.41) is 5.33. The fraction of sp³-hybridized carbons (Fsp3) is 0.333. The number of hydrogen-bond donors (Lipinski definition) is 2. The number of benzene rings is 1. The predicted molar refractivity (Wildman–Crippen MR) is 90.3 cm³/mol. The zero-order valence-electron chi connectivity index (χ0n) is 12.3. The summed E-state index contributed by atoms with van der Waals surface area (Å²) in [6.07, 6.45) is 0. The zero-order valence-corrected chi connectivity index (χ0v) is 14.0. The minimum absolute atomic E-state index is 0. The van der Waals surface area contributed by atoms with Crippen LogP contribution in [0.5, 0.6) is 0 Å². The Morgan fingerprint density at radius 1 is 1.41 bits per heavy atom. The summed E-state index contributed by atoms with van der Waals surface area (Å²) < 4.78 is 5.59. The molecule has 0 aliphatic heterocycles. The van der Waals surface area contributed by atoms with Crippen molar-refractivity contribution < 1.29 is 9.53 Å². The highest BCUT2D eigenvalue weighted by atomic mass is 35.5. The normalized spacial score (nSPS) is 11.5. The van der Waals surface area contributed by atoms with Gasteiger partial charge < -0.3 is 15.8 Å². The molecule has 1 aromatic carbocycles. The lowest BCUT2D eigenvalue weighted by Gasteiger charge is -2.13. The van der Waals surface area contributed by atoms with E-state index in [4.69, 9.17) is 10.5 Å². The van der Waals surface area contributed by atoms with Gasteiger partial charge in [-0.2, -0.15) is 0 Å². The third kappa shape index (κ3) is 5.73. The maximum Gasteiger partial charge on any atom is 0.271 e. The molecule has 0 aliphatic rings. The molecule has 1 atom stereocenters. The number of nitrogens with zero attached hydrogens (tertiary/aromatic N) is 1. The molecule has 1 aromatic heterocycles. The first-order valence-corrected chi connectivity index (χ1v) is 7.64. The Kier molecular flexibility index (Phi) is 8.05. The molecular formula is C15H20ClN3O2S. The Bertz CT molecular complexity index is 577. The number of nitrogens with one attached hydrogen (secondary N) is 1. The minimum atomic E-state index is -0.193. The van der Waals surface area contributed by atoms with Crippen LogP contribution in [0, 0.1) is 0 Å². The summed E-state index contributed by atoms with van der Waals surface area (Å²) in [4.78, 5) is 16.1. The van der Waals surface area contributed by atoms with Crippen LogP contribution in [0.3, 0.4) is 0 Å². The maximum absolute atomic E-state index is 12.0. The first kappa shape index (κ1) is 18.6. The molecule has 22 heavy (non-hydrogen) atoms. The van der Waals surface area contributed by atoms with Gasteiger partial charge in [-0.05, 0) is 12.5 Å². The smallest absolute Gasteiger partial charge is 0.271 e. The lowest BCUT2D eigenvalue weighted by Crippen LogP contribution is -2.36. The quantitative estimate of drug-likeness (QED) is 0.810. The highest BCUT2D eigenvalue weighted by molar-refractivity contribution is 7.09. The van der Waals surface area contributed by atoms with Gasteiger partial charge in [-0.25, -0.2) is 4.98 Å². The van der Waals surface area contributed by atoms with Gasteiger partial charge in [0.05, 0.1) is 13.2 Å². The van der Waals surface area contributed by atoms with E-state index in [1.807, 2.05) is 37.3 Å². The third-order valence-corrected chi connectivity index (χ3v) is 3.69. The van der Waals surface area contributed by atoms with Crippen LogP contribution < -0.4 is 11.1 Å². The van der Waals surface area contributed by atoms with Crippen LogP contribution in [0.2, 0.25) is 0 Å². The fourth-order valence-electron chi connectivity index (χ4n) is 1.78. The van der Waals surface area contributed by atoms with Crippen LogP contribution >= 0.6 is 23.7 Å². The van der Waals surface area contributed by atoms with Gasteiger partial charge in [0, 0.05) is 18.0 Å². The van der Waals surface area contributed by atoms with E-state index in [0.29, 0.717) is 25.5 Å². The van der Waals surface area contributed by atoms with Gasteiger partial charge in [0.1, 0.15) is 10.7 Å². The van der Waals surface area contributed by atoms with Gasteiger partial charge in [-0.1, -0.05) is 30.3 Å². The first-order chi connectivity index (χ1) is 10.2. The monoisotopic (exact) mass is 341 g/mol. The number of halogens is 1. The Balaban J connectivity index is 0.00000242. The summed E-state index contributed by atoms with van der Waals surface area (Å²) in [6.45, 7) is 3.25. The second-order valence-corrected chi connectivity index (χ2v) is 5.65. The van der Waals surface area contributed by atoms with Gasteiger partial charge in [-0.3, -0.25) is 4.79 Å². The zero-order chi connectivity index (χ0) is 15.1. The Hall–Kier alpha value is -1.47. The molecule has 0 aliphatic carbocycles.